The summed E-state index contributed by atoms with van der Waals surface area (Å²) in [7, 11) is 3.32. The van der Waals surface area contributed by atoms with Crippen LogP contribution < -0.4 is 20.1 Å². The van der Waals surface area contributed by atoms with Crippen molar-refractivity contribution in [1.29, 1.82) is 0 Å². The van der Waals surface area contributed by atoms with Crippen molar-refractivity contribution in [2.24, 2.45) is 0 Å². The SMILES string of the molecule is COc1ccc(OC)c(CNc2ccc3c(c2)ncn3-c2ccnc(NC(C)c3ccccc3)n2)c1. The number of imidazole rings is 1. The van der Waals surface area contributed by atoms with E-state index in [2.05, 4.69) is 39.7 Å². The number of nitrogens with zero attached hydrogens (tertiary/aromatic N) is 4. The molecule has 0 saturated carbocycles. The lowest BCUT2D eigenvalue weighted by atomic mass is 10.1. The van der Waals surface area contributed by atoms with Crippen LogP contribution in [0.5, 0.6) is 11.5 Å². The van der Waals surface area contributed by atoms with E-state index in [0.29, 0.717) is 12.5 Å². The number of nitrogens with one attached hydrogen (secondary N) is 2. The van der Waals surface area contributed by atoms with Gasteiger partial charge in [-0.25, -0.2) is 9.97 Å². The summed E-state index contributed by atoms with van der Waals surface area (Å²) in [6, 6.07) is 24.0. The van der Waals surface area contributed by atoms with E-state index in [-0.39, 0.29) is 6.04 Å². The molecule has 8 heteroatoms. The van der Waals surface area contributed by atoms with E-state index in [1.165, 1.54) is 5.56 Å². The van der Waals surface area contributed by atoms with Gasteiger partial charge >= 0.3 is 0 Å². The molecule has 0 bridgehead atoms. The molecule has 2 aromatic heterocycles. The highest BCUT2D eigenvalue weighted by atomic mass is 16.5. The average Bonchev–Trinajstić information content (AvgIpc) is 3.35. The first kappa shape index (κ1) is 23.2. The first-order valence-electron chi connectivity index (χ1n) is 11.7. The Hall–Kier alpha value is -4.59. The van der Waals surface area contributed by atoms with Gasteiger partial charge in [0.2, 0.25) is 5.95 Å². The van der Waals surface area contributed by atoms with Crippen LogP contribution in [-0.2, 0) is 6.54 Å². The van der Waals surface area contributed by atoms with E-state index in [1.54, 1.807) is 26.7 Å². The number of benzene rings is 3. The smallest absolute Gasteiger partial charge is 0.225 e. The molecule has 0 aliphatic heterocycles. The largest absolute Gasteiger partial charge is 0.497 e. The molecular formula is C28H28N6O2. The Labute approximate surface area is 210 Å². The van der Waals surface area contributed by atoms with Crippen LogP contribution in [0.3, 0.4) is 0 Å². The van der Waals surface area contributed by atoms with Gasteiger partial charge in [0.1, 0.15) is 23.6 Å². The molecule has 1 atom stereocenters. The molecule has 3 aromatic carbocycles. The molecule has 0 amide bonds. The maximum atomic E-state index is 5.49. The lowest BCUT2D eigenvalue weighted by Gasteiger charge is -2.15. The monoisotopic (exact) mass is 480 g/mol. The van der Waals surface area contributed by atoms with Crippen molar-refractivity contribution in [3.8, 4) is 17.3 Å². The van der Waals surface area contributed by atoms with Gasteiger partial charge in [0, 0.05) is 24.0 Å². The third kappa shape index (κ3) is 4.93. The molecule has 2 heterocycles. The molecule has 0 aliphatic rings. The molecule has 5 aromatic rings. The highest BCUT2D eigenvalue weighted by molar-refractivity contribution is 5.81. The minimum atomic E-state index is 0.0813. The minimum absolute atomic E-state index is 0.0813. The molecular weight excluding hydrogens is 452 g/mol. The van der Waals surface area contributed by atoms with Crippen molar-refractivity contribution in [2.45, 2.75) is 19.5 Å². The first-order chi connectivity index (χ1) is 17.6. The van der Waals surface area contributed by atoms with Crippen LogP contribution in [0.25, 0.3) is 16.9 Å². The molecule has 0 fully saturated rings. The second-order valence-corrected chi connectivity index (χ2v) is 8.36. The number of methoxy groups -OCH3 is 2. The molecule has 0 spiro atoms. The summed E-state index contributed by atoms with van der Waals surface area (Å²) >= 11 is 0. The van der Waals surface area contributed by atoms with Crippen LogP contribution in [0.1, 0.15) is 24.1 Å². The predicted octanol–water partition coefficient (Wildman–Crippen LogP) is 5.62. The van der Waals surface area contributed by atoms with Gasteiger partial charge < -0.3 is 20.1 Å². The Kier molecular flexibility index (Phi) is 6.66. The normalized spacial score (nSPS) is 11.8. The van der Waals surface area contributed by atoms with E-state index in [4.69, 9.17) is 14.5 Å². The van der Waals surface area contributed by atoms with Gasteiger partial charge in [0.05, 0.1) is 31.3 Å². The fraction of sp³-hybridized carbons (Fsp3) is 0.179. The minimum Gasteiger partial charge on any atom is -0.497 e. The first-order valence-corrected chi connectivity index (χ1v) is 11.7. The van der Waals surface area contributed by atoms with Gasteiger partial charge in [0.25, 0.3) is 0 Å². The number of hydrogen-bond donors (Lipinski definition) is 2. The summed E-state index contributed by atoms with van der Waals surface area (Å²) in [6.45, 7) is 2.68. The van der Waals surface area contributed by atoms with Crippen LogP contribution in [-0.4, -0.2) is 33.7 Å². The fourth-order valence-electron chi connectivity index (χ4n) is 4.09. The summed E-state index contributed by atoms with van der Waals surface area (Å²) in [5, 5.41) is 6.84. The Morgan fingerprint density at radius 1 is 0.917 bits per heavy atom. The molecule has 2 N–H and O–H groups in total. The second kappa shape index (κ2) is 10.4. The quantitative estimate of drug-likeness (QED) is 0.283. The molecule has 36 heavy (non-hydrogen) atoms. The molecule has 8 nitrogen and oxygen atoms in total. The molecule has 0 radical (unpaired) electrons. The van der Waals surface area contributed by atoms with Crippen molar-refractivity contribution in [2.75, 3.05) is 24.9 Å². The van der Waals surface area contributed by atoms with E-state index >= 15 is 0 Å². The number of fused-ring (bicyclic) bond motifs is 1. The van der Waals surface area contributed by atoms with Crippen LogP contribution in [0.2, 0.25) is 0 Å². The summed E-state index contributed by atoms with van der Waals surface area (Å²) in [5.74, 6) is 2.91. The molecule has 182 valence electrons. The summed E-state index contributed by atoms with van der Waals surface area (Å²) < 4.78 is 12.8. The topological polar surface area (TPSA) is 86.1 Å². The summed E-state index contributed by atoms with van der Waals surface area (Å²) in [6.07, 6.45) is 3.54. The van der Waals surface area contributed by atoms with Crippen molar-refractivity contribution >= 4 is 22.7 Å². The number of anilines is 2. The Morgan fingerprint density at radius 3 is 2.58 bits per heavy atom. The zero-order valence-electron chi connectivity index (χ0n) is 20.5. The summed E-state index contributed by atoms with van der Waals surface area (Å²) in [5.41, 5.74) is 4.96. The number of hydrogen-bond acceptors (Lipinski definition) is 7. The van der Waals surface area contributed by atoms with Gasteiger partial charge in [-0.2, -0.15) is 4.98 Å². The number of rotatable bonds is 9. The fourth-order valence-corrected chi connectivity index (χ4v) is 4.09. The van der Waals surface area contributed by atoms with E-state index in [0.717, 1.165) is 39.6 Å². The zero-order chi connectivity index (χ0) is 24.9. The van der Waals surface area contributed by atoms with Crippen molar-refractivity contribution in [3.05, 3.63) is 96.4 Å². The number of ether oxygens (including phenoxy) is 2. The van der Waals surface area contributed by atoms with Crippen LogP contribution in [0.15, 0.2) is 85.3 Å². The van der Waals surface area contributed by atoms with Crippen molar-refractivity contribution < 1.29 is 9.47 Å². The Morgan fingerprint density at radius 2 is 1.78 bits per heavy atom. The van der Waals surface area contributed by atoms with Crippen LogP contribution in [0, 0.1) is 0 Å². The lowest BCUT2D eigenvalue weighted by molar-refractivity contribution is 0.399. The zero-order valence-corrected chi connectivity index (χ0v) is 20.5. The second-order valence-electron chi connectivity index (χ2n) is 8.36. The van der Waals surface area contributed by atoms with E-state index < -0.39 is 0 Å². The number of aromatic nitrogens is 4. The molecule has 0 saturated heterocycles. The molecule has 5 rings (SSSR count). The van der Waals surface area contributed by atoms with Gasteiger partial charge in [-0.1, -0.05) is 30.3 Å². The molecule has 1 unspecified atom stereocenters. The van der Waals surface area contributed by atoms with E-state index in [9.17, 15) is 0 Å². The maximum absolute atomic E-state index is 5.49. The third-order valence-electron chi connectivity index (χ3n) is 6.05. The van der Waals surface area contributed by atoms with Crippen LogP contribution >= 0.6 is 0 Å². The van der Waals surface area contributed by atoms with Gasteiger partial charge in [-0.15, -0.1) is 0 Å². The predicted molar refractivity (Wildman–Crippen MR) is 142 cm³/mol. The summed E-state index contributed by atoms with van der Waals surface area (Å²) in [4.78, 5) is 13.7. The molecule has 0 aliphatic carbocycles. The highest BCUT2D eigenvalue weighted by Gasteiger charge is 2.11. The maximum Gasteiger partial charge on any atom is 0.225 e. The third-order valence-corrected chi connectivity index (χ3v) is 6.05. The lowest BCUT2D eigenvalue weighted by Crippen LogP contribution is -2.10. The van der Waals surface area contributed by atoms with E-state index in [1.807, 2.05) is 65.2 Å². The highest BCUT2D eigenvalue weighted by Crippen LogP contribution is 2.26. The van der Waals surface area contributed by atoms with Gasteiger partial charge in [-0.3, -0.25) is 4.57 Å². The average molecular weight is 481 g/mol. The Balaban J connectivity index is 1.34. The van der Waals surface area contributed by atoms with Crippen LogP contribution in [0.4, 0.5) is 11.6 Å². The van der Waals surface area contributed by atoms with Gasteiger partial charge in [0.15, 0.2) is 0 Å². The van der Waals surface area contributed by atoms with Gasteiger partial charge in [-0.05, 0) is 55.0 Å². The standard InChI is InChI=1S/C28H28N6O2/c1-19(20-7-5-4-6-8-20)32-28-29-14-13-27(33-28)34-18-31-24-16-22(9-11-25(24)34)30-17-21-15-23(35-2)10-12-26(21)36-3/h4-16,18-19,30H,17H2,1-3H3,(H,29,32,33). The van der Waals surface area contributed by atoms with Crippen molar-refractivity contribution in [1.82, 2.24) is 19.5 Å². The van der Waals surface area contributed by atoms with Crippen molar-refractivity contribution in [3.63, 3.8) is 0 Å². The Bertz CT molecular complexity index is 1470.